The maximum Gasteiger partial charge on any atom is 0.323 e. The van der Waals surface area contributed by atoms with E-state index in [2.05, 4.69) is 5.32 Å². The Labute approximate surface area is 118 Å². The quantitative estimate of drug-likeness (QED) is 0.872. The summed E-state index contributed by atoms with van der Waals surface area (Å²) in [6.07, 6.45) is 0.752. The number of aliphatic carboxylic acids is 1. The Balaban J connectivity index is 2.24. The smallest absolute Gasteiger partial charge is 0.323 e. The number of benzene rings is 1. The first kappa shape index (κ1) is 14.5. The van der Waals surface area contributed by atoms with Crippen LogP contribution in [0.2, 0.25) is 0 Å². The largest absolute Gasteiger partial charge is 0.480 e. The number of carbonyl (C=O) groups is 2. The molecule has 1 fully saturated rings. The third kappa shape index (κ3) is 3.17. The van der Waals surface area contributed by atoms with Gasteiger partial charge in [-0.1, -0.05) is 17.7 Å². The Morgan fingerprint density at radius 1 is 1.35 bits per heavy atom. The van der Waals surface area contributed by atoms with E-state index < -0.39 is 5.97 Å². The number of aryl methyl sites for hydroxylation is 1. The van der Waals surface area contributed by atoms with Crippen molar-refractivity contribution in [3.8, 4) is 0 Å². The molecule has 1 aromatic carbocycles. The van der Waals surface area contributed by atoms with Gasteiger partial charge in [0.05, 0.1) is 5.92 Å². The number of carbonyl (C=O) groups excluding carboxylic acids is 1. The molecule has 0 spiro atoms. The lowest BCUT2D eigenvalue weighted by atomic mass is 10.00. The van der Waals surface area contributed by atoms with Gasteiger partial charge in [0.25, 0.3) is 0 Å². The van der Waals surface area contributed by atoms with Crippen molar-refractivity contribution in [1.82, 2.24) is 5.32 Å². The molecule has 5 heteroatoms. The number of amides is 1. The van der Waals surface area contributed by atoms with Gasteiger partial charge in [-0.05, 0) is 38.9 Å². The molecule has 0 aromatic heterocycles. The van der Waals surface area contributed by atoms with E-state index in [-0.39, 0.29) is 24.4 Å². The first-order valence-corrected chi connectivity index (χ1v) is 6.82. The van der Waals surface area contributed by atoms with Gasteiger partial charge < -0.3 is 15.3 Å². The van der Waals surface area contributed by atoms with Gasteiger partial charge in [-0.25, -0.2) is 0 Å². The highest BCUT2D eigenvalue weighted by Crippen LogP contribution is 2.23. The molecular formula is C15H20N2O3. The molecule has 1 heterocycles. The van der Waals surface area contributed by atoms with Crippen LogP contribution in [-0.4, -0.2) is 36.1 Å². The van der Waals surface area contributed by atoms with E-state index >= 15 is 0 Å². The van der Waals surface area contributed by atoms with E-state index in [9.17, 15) is 9.59 Å². The fourth-order valence-electron chi connectivity index (χ4n) is 2.55. The van der Waals surface area contributed by atoms with Gasteiger partial charge in [0.15, 0.2) is 0 Å². The summed E-state index contributed by atoms with van der Waals surface area (Å²) in [5.41, 5.74) is 1.72. The summed E-state index contributed by atoms with van der Waals surface area (Å²) in [5, 5.41) is 12.3. The molecular weight excluding hydrogens is 256 g/mol. The number of nitrogens with one attached hydrogen (secondary N) is 1. The minimum atomic E-state index is -1.00. The monoisotopic (exact) mass is 276 g/mol. The summed E-state index contributed by atoms with van der Waals surface area (Å²) in [7, 11) is 0. The highest BCUT2D eigenvalue weighted by Gasteiger charge is 2.33. The van der Waals surface area contributed by atoms with Crippen LogP contribution in [0.4, 0.5) is 5.69 Å². The number of carboxylic acid groups (broad SMARTS) is 1. The van der Waals surface area contributed by atoms with Crippen molar-refractivity contribution in [3.63, 3.8) is 0 Å². The van der Waals surface area contributed by atoms with Crippen LogP contribution in [0.25, 0.3) is 0 Å². The molecule has 1 aliphatic heterocycles. The summed E-state index contributed by atoms with van der Waals surface area (Å²) in [6, 6.07) is 7.44. The van der Waals surface area contributed by atoms with Crippen molar-refractivity contribution in [3.05, 3.63) is 29.8 Å². The van der Waals surface area contributed by atoms with Crippen LogP contribution in [0.15, 0.2) is 24.3 Å². The standard InChI is InChI=1S/C15H20N2O3/c1-10-3-5-12(6-4-10)17(9-14(18)19)15(20)13-7-8-16-11(13)2/h3-6,11,13,16H,7-9H2,1-2H3,(H,18,19). The second-order valence-corrected chi connectivity index (χ2v) is 5.29. The Morgan fingerprint density at radius 2 is 2.00 bits per heavy atom. The Kier molecular flexibility index (Phi) is 4.39. The fourth-order valence-corrected chi connectivity index (χ4v) is 2.55. The van der Waals surface area contributed by atoms with Gasteiger partial charge in [0.1, 0.15) is 6.54 Å². The van der Waals surface area contributed by atoms with Crippen LogP contribution >= 0.6 is 0 Å². The van der Waals surface area contributed by atoms with Crippen LogP contribution < -0.4 is 10.2 Å². The van der Waals surface area contributed by atoms with Crippen LogP contribution in [0, 0.1) is 12.8 Å². The molecule has 108 valence electrons. The molecule has 2 atom stereocenters. The Bertz CT molecular complexity index is 498. The van der Waals surface area contributed by atoms with Crippen molar-refractivity contribution in [1.29, 1.82) is 0 Å². The summed E-state index contributed by atoms with van der Waals surface area (Å²) in [5.74, 6) is -1.28. The van der Waals surface area contributed by atoms with Crippen molar-refractivity contribution in [2.24, 2.45) is 5.92 Å². The first-order valence-electron chi connectivity index (χ1n) is 6.82. The predicted octanol–water partition coefficient (Wildman–Crippen LogP) is 1.41. The molecule has 1 amide bonds. The number of rotatable bonds is 4. The van der Waals surface area contributed by atoms with Crippen molar-refractivity contribution in [2.75, 3.05) is 18.0 Å². The van der Waals surface area contributed by atoms with E-state index in [0.29, 0.717) is 5.69 Å². The van der Waals surface area contributed by atoms with E-state index in [0.717, 1.165) is 18.5 Å². The van der Waals surface area contributed by atoms with Gasteiger partial charge in [-0.2, -0.15) is 0 Å². The van der Waals surface area contributed by atoms with Crippen molar-refractivity contribution >= 4 is 17.6 Å². The highest BCUT2D eigenvalue weighted by atomic mass is 16.4. The van der Waals surface area contributed by atoms with Gasteiger partial charge in [0.2, 0.25) is 5.91 Å². The Morgan fingerprint density at radius 3 is 2.50 bits per heavy atom. The number of hydrogen-bond acceptors (Lipinski definition) is 3. The van der Waals surface area contributed by atoms with Crippen molar-refractivity contribution < 1.29 is 14.7 Å². The molecule has 1 aliphatic rings. The summed E-state index contributed by atoms with van der Waals surface area (Å²) < 4.78 is 0. The zero-order valence-electron chi connectivity index (χ0n) is 11.8. The van der Waals surface area contributed by atoms with E-state index in [4.69, 9.17) is 5.11 Å². The number of anilines is 1. The first-order chi connectivity index (χ1) is 9.49. The van der Waals surface area contributed by atoms with Gasteiger partial charge in [0, 0.05) is 11.7 Å². The average molecular weight is 276 g/mol. The van der Waals surface area contributed by atoms with E-state index in [1.165, 1.54) is 4.90 Å². The molecule has 0 saturated carbocycles. The minimum Gasteiger partial charge on any atom is -0.480 e. The molecule has 20 heavy (non-hydrogen) atoms. The molecule has 0 bridgehead atoms. The van der Waals surface area contributed by atoms with Crippen molar-refractivity contribution in [2.45, 2.75) is 26.3 Å². The molecule has 1 saturated heterocycles. The molecule has 0 aliphatic carbocycles. The molecule has 0 radical (unpaired) electrons. The lowest BCUT2D eigenvalue weighted by Gasteiger charge is -2.26. The lowest BCUT2D eigenvalue weighted by Crippen LogP contribution is -2.43. The topological polar surface area (TPSA) is 69.6 Å². The summed E-state index contributed by atoms with van der Waals surface area (Å²) in [6.45, 7) is 4.41. The highest BCUT2D eigenvalue weighted by molar-refractivity contribution is 5.99. The maximum absolute atomic E-state index is 12.6. The van der Waals surface area contributed by atoms with E-state index in [1.54, 1.807) is 12.1 Å². The average Bonchev–Trinajstić information content (AvgIpc) is 2.82. The van der Waals surface area contributed by atoms with Crippen LogP contribution in [-0.2, 0) is 9.59 Å². The molecule has 2 unspecified atom stereocenters. The molecule has 2 rings (SSSR count). The third-order valence-electron chi connectivity index (χ3n) is 3.75. The second-order valence-electron chi connectivity index (χ2n) is 5.29. The SMILES string of the molecule is Cc1ccc(N(CC(=O)O)C(=O)C2CCNC2C)cc1. The molecule has 5 nitrogen and oxygen atoms in total. The second kappa shape index (κ2) is 6.05. The lowest BCUT2D eigenvalue weighted by molar-refractivity contribution is -0.137. The van der Waals surface area contributed by atoms with E-state index in [1.807, 2.05) is 26.0 Å². The van der Waals surface area contributed by atoms with Crippen LogP contribution in [0.1, 0.15) is 18.9 Å². The predicted molar refractivity (Wildman–Crippen MR) is 76.7 cm³/mol. The summed E-state index contributed by atoms with van der Waals surface area (Å²) >= 11 is 0. The maximum atomic E-state index is 12.6. The van der Waals surface area contributed by atoms with Crippen LogP contribution in [0.5, 0.6) is 0 Å². The normalized spacial score (nSPS) is 21.7. The Hall–Kier alpha value is -1.88. The fraction of sp³-hybridized carbons (Fsp3) is 0.467. The number of hydrogen-bond donors (Lipinski definition) is 2. The molecule has 2 N–H and O–H groups in total. The number of nitrogens with zero attached hydrogens (tertiary/aromatic N) is 1. The van der Waals surface area contributed by atoms with Gasteiger partial charge >= 0.3 is 5.97 Å². The number of carboxylic acids is 1. The molecule has 1 aromatic rings. The summed E-state index contributed by atoms with van der Waals surface area (Å²) in [4.78, 5) is 25.0. The zero-order valence-corrected chi connectivity index (χ0v) is 11.8. The minimum absolute atomic E-state index is 0.0873. The van der Waals surface area contributed by atoms with Gasteiger partial charge in [-0.3, -0.25) is 9.59 Å². The van der Waals surface area contributed by atoms with Crippen LogP contribution in [0.3, 0.4) is 0 Å². The van der Waals surface area contributed by atoms with Gasteiger partial charge in [-0.15, -0.1) is 0 Å². The zero-order chi connectivity index (χ0) is 14.7. The third-order valence-corrected chi connectivity index (χ3v) is 3.75.